The first-order chi connectivity index (χ1) is 6.59. The van der Waals surface area contributed by atoms with Crippen LogP contribution in [-0.2, 0) is 13.6 Å². The van der Waals surface area contributed by atoms with E-state index in [9.17, 15) is 0 Å². The molecule has 0 saturated heterocycles. The maximum Gasteiger partial charge on any atom is 0.140 e. The second kappa shape index (κ2) is 5.07. The van der Waals surface area contributed by atoms with Crippen molar-refractivity contribution in [3.8, 4) is 0 Å². The highest BCUT2D eigenvalue weighted by Crippen LogP contribution is 1.92. The molecule has 0 aliphatic carbocycles. The number of likely N-dealkylation sites (N-methyl/N-ethyl adjacent to an activating group) is 1. The molecule has 0 aromatic carbocycles. The van der Waals surface area contributed by atoms with Gasteiger partial charge in [0.2, 0.25) is 0 Å². The highest BCUT2D eigenvalue weighted by atomic mass is 15.3. The molecule has 0 fully saturated rings. The first-order valence-corrected chi connectivity index (χ1v) is 4.80. The van der Waals surface area contributed by atoms with Crippen molar-refractivity contribution < 1.29 is 0 Å². The number of hydrogen-bond acceptors (Lipinski definition) is 4. The van der Waals surface area contributed by atoms with E-state index in [1.54, 1.807) is 11.0 Å². The number of nitrogens with zero attached hydrogens (tertiary/aromatic N) is 4. The standard InChI is InChI=1S/C9H19N5/c1-8(6-13(2)3)10-5-9-11-7-12-14(9)4/h7-8,10H,5-6H2,1-4H3. The van der Waals surface area contributed by atoms with Crippen molar-refractivity contribution in [1.29, 1.82) is 0 Å². The van der Waals surface area contributed by atoms with Crippen LogP contribution in [0.4, 0.5) is 0 Å². The van der Waals surface area contributed by atoms with Crippen LogP contribution < -0.4 is 5.32 Å². The molecule has 0 saturated carbocycles. The Labute approximate surface area is 85.1 Å². The summed E-state index contributed by atoms with van der Waals surface area (Å²) in [6, 6.07) is 0.460. The Morgan fingerprint density at radius 3 is 2.79 bits per heavy atom. The molecule has 1 rings (SSSR count). The van der Waals surface area contributed by atoms with E-state index in [0.29, 0.717) is 6.04 Å². The Hall–Kier alpha value is -0.940. The van der Waals surface area contributed by atoms with Crippen molar-refractivity contribution in [1.82, 2.24) is 25.0 Å². The normalized spacial score (nSPS) is 13.5. The van der Waals surface area contributed by atoms with Crippen LogP contribution in [0, 0.1) is 0 Å². The SMILES string of the molecule is CC(CN(C)C)NCc1ncnn1C. The molecule has 5 nitrogen and oxygen atoms in total. The van der Waals surface area contributed by atoms with E-state index < -0.39 is 0 Å². The fourth-order valence-electron chi connectivity index (χ4n) is 1.36. The molecular weight excluding hydrogens is 178 g/mol. The third-order valence-electron chi connectivity index (χ3n) is 2.05. The molecule has 1 atom stereocenters. The Morgan fingerprint density at radius 2 is 2.29 bits per heavy atom. The first kappa shape index (κ1) is 11.1. The van der Waals surface area contributed by atoms with E-state index in [1.807, 2.05) is 7.05 Å². The highest BCUT2D eigenvalue weighted by molar-refractivity contribution is 4.83. The van der Waals surface area contributed by atoms with E-state index >= 15 is 0 Å². The average molecular weight is 197 g/mol. The number of nitrogens with one attached hydrogen (secondary N) is 1. The van der Waals surface area contributed by atoms with E-state index in [-0.39, 0.29) is 0 Å². The van der Waals surface area contributed by atoms with Crippen LogP contribution in [0.1, 0.15) is 12.7 Å². The summed E-state index contributed by atoms with van der Waals surface area (Å²) in [6.07, 6.45) is 1.58. The number of aryl methyl sites for hydroxylation is 1. The molecule has 14 heavy (non-hydrogen) atoms. The molecular formula is C9H19N5. The summed E-state index contributed by atoms with van der Waals surface area (Å²) in [5, 5.41) is 7.40. The average Bonchev–Trinajstić information content (AvgIpc) is 2.46. The van der Waals surface area contributed by atoms with Crippen molar-refractivity contribution in [3.63, 3.8) is 0 Å². The van der Waals surface area contributed by atoms with Gasteiger partial charge in [0.05, 0.1) is 6.54 Å². The van der Waals surface area contributed by atoms with Gasteiger partial charge in [0, 0.05) is 19.6 Å². The van der Waals surface area contributed by atoms with Crippen LogP contribution in [0.2, 0.25) is 0 Å². The first-order valence-electron chi connectivity index (χ1n) is 4.80. The minimum atomic E-state index is 0.460. The van der Waals surface area contributed by atoms with Crippen LogP contribution in [-0.4, -0.2) is 46.3 Å². The van der Waals surface area contributed by atoms with Gasteiger partial charge in [0.1, 0.15) is 12.2 Å². The van der Waals surface area contributed by atoms with Crippen molar-refractivity contribution in [2.45, 2.75) is 19.5 Å². The molecule has 0 aliphatic heterocycles. The minimum Gasteiger partial charge on any atom is -0.308 e. The second-order valence-electron chi connectivity index (χ2n) is 3.84. The van der Waals surface area contributed by atoms with Gasteiger partial charge >= 0.3 is 0 Å². The molecule has 5 heteroatoms. The lowest BCUT2D eigenvalue weighted by molar-refractivity contribution is 0.346. The van der Waals surface area contributed by atoms with Crippen LogP contribution in [0.25, 0.3) is 0 Å². The smallest absolute Gasteiger partial charge is 0.140 e. The maximum absolute atomic E-state index is 4.14. The Morgan fingerprint density at radius 1 is 1.57 bits per heavy atom. The van der Waals surface area contributed by atoms with E-state index in [1.165, 1.54) is 0 Å². The molecule has 0 amide bonds. The van der Waals surface area contributed by atoms with E-state index in [2.05, 4.69) is 41.3 Å². The van der Waals surface area contributed by atoms with Crippen molar-refractivity contribution in [2.24, 2.45) is 7.05 Å². The zero-order valence-corrected chi connectivity index (χ0v) is 9.36. The largest absolute Gasteiger partial charge is 0.308 e. The lowest BCUT2D eigenvalue weighted by atomic mass is 10.3. The third kappa shape index (κ3) is 3.43. The monoisotopic (exact) mass is 197 g/mol. The lowest BCUT2D eigenvalue weighted by Gasteiger charge is -2.17. The van der Waals surface area contributed by atoms with Crippen molar-refractivity contribution in [3.05, 3.63) is 12.2 Å². The fraction of sp³-hybridized carbons (Fsp3) is 0.778. The van der Waals surface area contributed by atoms with Gasteiger partial charge in [-0.05, 0) is 21.0 Å². The van der Waals surface area contributed by atoms with Crippen LogP contribution in [0.3, 0.4) is 0 Å². The summed E-state index contributed by atoms with van der Waals surface area (Å²) >= 11 is 0. The lowest BCUT2D eigenvalue weighted by Crippen LogP contribution is -2.35. The number of hydrogen-bond donors (Lipinski definition) is 1. The van der Waals surface area contributed by atoms with Gasteiger partial charge in [0.15, 0.2) is 0 Å². The second-order valence-corrected chi connectivity index (χ2v) is 3.84. The fourth-order valence-corrected chi connectivity index (χ4v) is 1.36. The van der Waals surface area contributed by atoms with Crippen LogP contribution in [0.15, 0.2) is 6.33 Å². The Kier molecular flexibility index (Phi) is 4.03. The van der Waals surface area contributed by atoms with Gasteiger partial charge in [-0.3, -0.25) is 4.68 Å². The van der Waals surface area contributed by atoms with Gasteiger partial charge < -0.3 is 10.2 Å². The molecule has 80 valence electrons. The third-order valence-corrected chi connectivity index (χ3v) is 2.05. The summed E-state index contributed by atoms with van der Waals surface area (Å²) in [5.41, 5.74) is 0. The maximum atomic E-state index is 4.14. The highest BCUT2D eigenvalue weighted by Gasteiger charge is 2.05. The molecule has 0 radical (unpaired) electrons. The van der Waals surface area contributed by atoms with Gasteiger partial charge in [0.25, 0.3) is 0 Å². The minimum absolute atomic E-state index is 0.460. The number of aromatic nitrogens is 3. The molecule has 1 aromatic heterocycles. The molecule has 0 aliphatic rings. The molecule has 1 unspecified atom stereocenters. The zero-order valence-electron chi connectivity index (χ0n) is 9.36. The van der Waals surface area contributed by atoms with E-state index in [4.69, 9.17) is 0 Å². The topological polar surface area (TPSA) is 46.0 Å². The quantitative estimate of drug-likeness (QED) is 0.713. The van der Waals surface area contributed by atoms with Gasteiger partial charge in [-0.25, -0.2) is 4.98 Å². The molecule has 1 heterocycles. The predicted octanol–water partition coefficient (Wildman–Crippen LogP) is -0.145. The summed E-state index contributed by atoms with van der Waals surface area (Å²) in [4.78, 5) is 6.30. The van der Waals surface area contributed by atoms with Crippen LogP contribution >= 0.6 is 0 Å². The molecule has 1 aromatic rings. The van der Waals surface area contributed by atoms with Gasteiger partial charge in [-0.2, -0.15) is 5.10 Å². The van der Waals surface area contributed by atoms with Gasteiger partial charge in [-0.15, -0.1) is 0 Å². The molecule has 0 bridgehead atoms. The summed E-state index contributed by atoms with van der Waals surface area (Å²) in [7, 11) is 6.04. The summed E-state index contributed by atoms with van der Waals surface area (Å²) in [5.74, 6) is 0.968. The Bertz CT molecular complexity index is 268. The number of rotatable bonds is 5. The van der Waals surface area contributed by atoms with E-state index in [0.717, 1.165) is 18.9 Å². The Balaban J connectivity index is 2.30. The van der Waals surface area contributed by atoms with Crippen molar-refractivity contribution in [2.75, 3.05) is 20.6 Å². The molecule has 0 spiro atoms. The predicted molar refractivity (Wildman–Crippen MR) is 55.9 cm³/mol. The van der Waals surface area contributed by atoms with Gasteiger partial charge in [-0.1, -0.05) is 0 Å². The molecule has 1 N–H and O–H groups in total. The van der Waals surface area contributed by atoms with Crippen molar-refractivity contribution >= 4 is 0 Å². The summed E-state index contributed by atoms with van der Waals surface area (Å²) in [6.45, 7) is 3.96. The zero-order chi connectivity index (χ0) is 10.6. The van der Waals surface area contributed by atoms with Crippen LogP contribution in [0.5, 0.6) is 0 Å². The summed E-state index contributed by atoms with van der Waals surface area (Å²) < 4.78 is 1.79.